The molecule has 13 heteroatoms. The first kappa shape index (κ1) is 35.8. The molecule has 44 heavy (non-hydrogen) atoms. The third-order valence-electron chi connectivity index (χ3n) is 9.84. The quantitative estimate of drug-likeness (QED) is 0.0339. The van der Waals surface area contributed by atoms with Crippen molar-refractivity contribution in [2.75, 3.05) is 6.54 Å². The molecular formula is C31H55BN6O6. The van der Waals surface area contributed by atoms with Crippen LogP contribution in [0.3, 0.4) is 0 Å². The molecule has 2 amide bonds. The average Bonchev–Trinajstić information content (AvgIpc) is 3.30. The topological polar surface area (TPSA) is 170 Å². The molecular weight excluding hydrogens is 563 g/mol. The van der Waals surface area contributed by atoms with Crippen LogP contribution < -0.4 is 21.8 Å². The summed E-state index contributed by atoms with van der Waals surface area (Å²) in [6.45, 7) is 13.3. The van der Waals surface area contributed by atoms with E-state index in [1.165, 1.54) is 19.3 Å². The molecule has 1 aliphatic heterocycles. The van der Waals surface area contributed by atoms with Crippen LogP contribution in [0.25, 0.3) is 0 Å². The normalized spacial score (nSPS) is 27.0. The van der Waals surface area contributed by atoms with Crippen LogP contribution >= 0.6 is 0 Å². The van der Waals surface area contributed by atoms with E-state index in [1.54, 1.807) is 5.43 Å². The summed E-state index contributed by atoms with van der Waals surface area (Å²) in [5, 5.41) is 15.9. The van der Waals surface area contributed by atoms with Crippen molar-refractivity contribution in [1.82, 2.24) is 16.1 Å². The second kappa shape index (κ2) is 16.1. The number of hydrazine groups is 1. The molecule has 5 N–H and O–H groups in total. The van der Waals surface area contributed by atoms with E-state index in [9.17, 15) is 19.7 Å². The molecule has 248 valence electrons. The van der Waals surface area contributed by atoms with E-state index in [4.69, 9.17) is 15.0 Å². The Hall–Kier alpha value is -2.67. The lowest BCUT2D eigenvalue weighted by Crippen LogP contribution is -2.65. The van der Waals surface area contributed by atoms with E-state index < -0.39 is 23.8 Å². The van der Waals surface area contributed by atoms with Crippen LogP contribution in [0.4, 0.5) is 0 Å². The van der Waals surface area contributed by atoms with Gasteiger partial charge >= 0.3 is 7.12 Å². The highest BCUT2D eigenvalue weighted by Gasteiger charge is 2.68. The number of hydrogen-bond donors (Lipinski definition) is 4. The van der Waals surface area contributed by atoms with Crippen LogP contribution in [-0.4, -0.2) is 60.2 Å². The Morgan fingerprint density at radius 1 is 1.14 bits per heavy atom. The molecule has 1 saturated heterocycles. The Balaban J connectivity index is 1.65. The fraction of sp³-hybridized carbons (Fsp3) is 0.839. The minimum Gasteiger partial charge on any atom is -0.404 e. The summed E-state index contributed by atoms with van der Waals surface area (Å²) < 4.78 is 13.2. The first-order valence-corrected chi connectivity index (χ1v) is 16.6. The fourth-order valence-electron chi connectivity index (χ4n) is 7.24. The molecule has 3 aliphatic carbocycles. The summed E-state index contributed by atoms with van der Waals surface area (Å²) in [4.78, 5) is 41.1. The third kappa shape index (κ3) is 9.42. The van der Waals surface area contributed by atoms with Crippen molar-refractivity contribution in [1.29, 1.82) is 0 Å². The van der Waals surface area contributed by atoms with Crippen LogP contribution in [0.2, 0.25) is 0 Å². The summed E-state index contributed by atoms with van der Waals surface area (Å²) in [7, 11) is -0.573. The number of nitrogens with zero attached hydrogens (tertiary/aromatic N) is 2. The van der Waals surface area contributed by atoms with Gasteiger partial charge in [0.05, 0.1) is 17.6 Å². The molecule has 1 heterocycles. The largest absolute Gasteiger partial charge is 0.481 e. The molecule has 0 aromatic carbocycles. The van der Waals surface area contributed by atoms with Gasteiger partial charge < -0.3 is 25.7 Å². The lowest BCUT2D eigenvalue weighted by atomic mass is 9.43. The number of carbonyl (C=O) groups is 2. The van der Waals surface area contributed by atoms with Gasteiger partial charge in [0, 0.05) is 13.0 Å². The average molecular weight is 619 g/mol. The van der Waals surface area contributed by atoms with Crippen molar-refractivity contribution in [3.8, 4) is 0 Å². The molecule has 4 rings (SSSR count). The van der Waals surface area contributed by atoms with Crippen molar-refractivity contribution >= 4 is 24.9 Å². The molecule has 0 unspecified atom stereocenters. The SMILES string of the molecule is CCCCCCC=CCC(=O)N[C@@H](CCCN=C(N)N[N+](=O)[O-])C(=O)N[C@@H](CC(C)C)B1O[C@@H]2C[C@@H]3C[C@@H](C3(C)C)[C@]2(C)O1. The fourth-order valence-corrected chi connectivity index (χ4v) is 7.24. The van der Waals surface area contributed by atoms with Crippen molar-refractivity contribution in [2.24, 2.45) is 33.9 Å². The minimum absolute atomic E-state index is 0.00352. The van der Waals surface area contributed by atoms with E-state index in [0.717, 1.165) is 25.7 Å². The number of hydrogen-bond acceptors (Lipinski definition) is 7. The third-order valence-corrected chi connectivity index (χ3v) is 9.84. The number of unbranched alkanes of at least 4 members (excludes halogenated alkanes) is 4. The Kier molecular flexibility index (Phi) is 13.1. The Bertz CT molecular complexity index is 1050. The number of rotatable bonds is 18. The number of carbonyl (C=O) groups excluding carboxylic acids is 2. The Morgan fingerprint density at radius 3 is 2.55 bits per heavy atom. The Morgan fingerprint density at radius 2 is 1.89 bits per heavy atom. The standard InChI is InChI=1S/C31H55BN6O6/c1-7-8-9-10-11-12-13-16-27(39)35-23(15-14-17-34-29(33)37-38(41)42)28(40)36-26(18-21(2)3)32-43-25-20-22-19-24(30(22,4)5)31(25,6)44-32/h12-13,21-26H,7-11,14-20H2,1-6H3,(H,35,39)(H,36,40)(H3,33,34,37)/t22-,23-,24-,25+,26-,31-/m0/s1. The van der Waals surface area contributed by atoms with Crippen molar-refractivity contribution in [3.63, 3.8) is 0 Å². The predicted octanol–water partition coefficient (Wildman–Crippen LogP) is 4.06. The zero-order chi connectivity index (χ0) is 32.5. The first-order valence-electron chi connectivity index (χ1n) is 16.6. The smallest absolute Gasteiger partial charge is 0.404 e. The van der Waals surface area contributed by atoms with E-state index in [2.05, 4.69) is 57.2 Å². The molecule has 0 radical (unpaired) electrons. The highest BCUT2D eigenvalue weighted by molar-refractivity contribution is 6.48. The lowest BCUT2D eigenvalue weighted by Gasteiger charge is -2.64. The van der Waals surface area contributed by atoms with Gasteiger partial charge in [-0.15, -0.1) is 0 Å². The van der Waals surface area contributed by atoms with Gasteiger partial charge in [-0.25, -0.2) is 15.1 Å². The molecule has 0 aromatic heterocycles. The van der Waals surface area contributed by atoms with Crippen molar-refractivity contribution < 1.29 is 23.9 Å². The minimum atomic E-state index is -0.818. The molecule has 0 aromatic rings. The molecule has 12 nitrogen and oxygen atoms in total. The van der Waals surface area contributed by atoms with Crippen molar-refractivity contribution in [3.05, 3.63) is 22.3 Å². The first-order chi connectivity index (χ1) is 20.8. The zero-order valence-electron chi connectivity index (χ0n) is 27.6. The molecule has 4 aliphatic rings. The van der Waals surface area contributed by atoms with Crippen LogP contribution in [0, 0.1) is 33.3 Å². The van der Waals surface area contributed by atoms with Crippen LogP contribution in [0.15, 0.2) is 17.1 Å². The lowest BCUT2D eigenvalue weighted by molar-refractivity contribution is -0.525. The monoisotopic (exact) mass is 618 g/mol. The number of allylic oxidation sites excluding steroid dienone is 1. The molecule has 0 spiro atoms. The molecule has 6 atom stereocenters. The molecule has 3 saturated carbocycles. The number of nitro groups is 1. The summed E-state index contributed by atoms with van der Waals surface area (Å²) >= 11 is 0. The number of nitrogens with one attached hydrogen (secondary N) is 3. The van der Waals surface area contributed by atoms with Gasteiger partial charge in [-0.1, -0.05) is 71.5 Å². The maximum absolute atomic E-state index is 13.7. The summed E-state index contributed by atoms with van der Waals surface area (Å²) in [5.74, 6) is 0.0392. The maximum atomic E-state index is 13.7. The zero-order valence-corrected chi connectivity index (χ0v) is 27.6. The second-order valence-corrected chi connectivity index (χ2v) is 14.0. The van der Waals surface area contributed by atoms with Gasteiger partial charge in [-0.3, -0.25) is 9.59 Å². The van der Waals surface area contributed by atoms with Crippen molar-refractivity contribution in [2.45, 2.75) is 136 Å². The molecule has 4 fully saturated rings. The second-order valence-electron chi connectivity index (χ2n) is 14.0. The van der Waals surface area contributed by atoms with Gasteiger partial charge in [0.1, 0.15) is 6.04 Å². The van der Waals surface area contributed by atoms with Crippen LogP contribution in [0.5, 0.6) is 0 Å². The van der Waals surface area contributed by atoms with Gasteiger partial charge in [0.25, 0.3) is 5.96 Å². The van der Waals surface area contributed by atoms with E-state index in [0.29, 0.717) is 24.7 Å². The summed E-state index contributed by atoms with van der Waals surface area (Å²) in [5.41, 5.74) is 7.14. The predicted molar refractivity (Wildman–Crippen MR) is 172 cm³/mol. The van der Waals surface area contributed by atoms with E-state index >= 15 is 0 Å². The Labute approximate surface area is 263 Å². The van der Waals surface area contributed by atoms with Gasteiger partial charge in [-0.2, -0.15) is 0 Å². The maximum Gasteiger partial charge on any atom is 0.481 e. The van der Waals surface area contributed by atoms with E-state index in [-0.39, 0.29) is 60.5 Å². The van der Waals surface area contributed by atoms with Gasteiger partial charge in [0.2, 0.25) is 11.8 Å². The number of amides is 2. The van der Waals surface area contributed by atoms with E-state index in [1.807, 2.05) is 12.2 Å². The summed E-state index contributed by atoms with van der Waals surface area (Å²) in [6, 6.07) is -0.818. The number of aliphatic imine (C=N–C) groups is 1. The van der Waals surface area contributed by atoms with Gasteiger partial charge in [-0.05, 0) is 75.0 Å². The molecule has 2 bridgehead atoms. The summed E-state index contributed by atoms with van der Waals surface area (Å²) in [6.07, 6.45) is 13.0. The van der Waals surface area contributed by atoms with Crippen LogP contribution in [-0.2, 0) is 18.9 Å². The number of nitrogens with two attached hydrogens (primary N) is 1. The number of guanidine groups is 1. The van der Waals surface area contributed by atoms with Gasteiger partial charge in [0.15, 0.2) is 5.03 Å². The van der Waals surface area contributed by atoms with Crippen LogP contribution in [0.1, 0.15) is 112 Å². The highest BCUT2D eigenvalue weighted by atomic mass is 16.7. The highest BCUT2D eigenvalue weighted by Crippen LogP contribution is 2.65.